The number of hydrazone groups is 1. The van der Waals surface area contributed by atoms with Crippen molar-refractivity contribution >= 4 is 17.8 Å². The van der Waals surface area contributed by atoms with Gasteiger partial charge in [-0.05, 0) is 48.5 Å². The number of pyridine rings is 1. The summed E-state index contributed by atoms with van der Waals surface area (Å²) < 4.78 is 2.00. The molecule has 0 fully saturated rings. The van der Waals surface area contributed by atoms with E-state index in [0.717, 1.165) is 17.1 Å². The Morgan fingerprint density at radius 2 is 1.96 bits per heavy atom. The standard InChI is InChI=1S/C19H19N5O/c1-23(2)16-7-9-17(10-8-16)24-12-4-6-18(24)14-21-22-19(25)15-5-3-11-20-13-15/h3-14H,1-2H3,(H,22,25)/b21-14-. The van der Waals surface area contributed by atoms with Crippen LogP contribution in [0.3, 0.4) is 0 Å². The highest BCUT2D eigenvalue weighted by atomic mass is 16.2. The van der Waals surface area contributed by atoms with Gasteiger partial charge in [0.15, 0.2) is 0 Å². The van der Waals surface area contributed by atoms with Crippen molar-refractivity contribution in [2.24, 2.45) is 5.10 Å². The van der Waals surface area contributed by atoms with E-state index in [9.17, 15) is 4.79 Å². The number of carbonyl (C=O) groups excluding carboxylic acids is 1. The molecule has 0 saturated heterocycles. The van der Waals surface area contributed by atoms with Crippen molar-refractivity contribution in [1.29, 1.82) is 0 Å². The molecule has 2 heterocycles. The topological polar surface area (TPSA) is 62.5 Å². The van der Waals surface area contributed by atoms with Gasteiger partial charge < -0.3 is 9.47 Å². The number of hydrogen-bond acceptors (Lipinski definition) is 4. The molecule has 0 atom stereocenters. The minimum Gasteiger partial charge on any atom is -0.378 e. The third kappa shape index (κ3) is 3.92. The molecule has 0 radical (unpaired) electrons. The second-order valence-corrected chi connectivity index (χ2v) is 5.65. The number of rotatable bonds is 5. The van der Waals surface area contributed by atoms with Gasteiger partial charge in [0, 0.05) is 44.1 Å². The number of nitrogens with zero attached hydrogens (tertiary/aromatic N) is 4. The molecule has 126 valence electrons. The second kappa shape index (κ2) is 7.44. The number of carbonyl (C=O) groups is 1. The zero-order chi connectivity index (χ0) is 17.6. The van der Waals surface area contributed by atoms with E-state index in [4.69, 9.17) is 0 Å². The molecular formula is C19H19N5O. The van der Waals surface area contributed by atoms with Gasteiger partial charge in [0.25, 0.3) is 5.91 Å². The van der Waals surface area contributed by atoms with E-state index in [0.29, 0.717) is 5.56 Å². The van der Waals surface area contributed by atoms with Crippen molar-refractivity contribution < 1.29 is 4.79 Å². The molecule has 0 spiro atoms. The van der Waals surface area contributed by atoms with Crippen molar-refractivity contribution in [3.8, 4) is 5.69 Å². The van der Waals surface area contributed by atoms with E-state index in [2.05, 4.69) is 32.5 Å². The van der Waals surface area contributed by atoms with Gasteiger partial charge in [-0.2, -0.15) is 5.10 Å². The number of benzene rings is 1. The fourth-order valence-corrected chi connectivity index (χ4v) is 2.36. The summed E-state index contributed by atoms with van der Waals surface area (Å²) in [6.45, 7) is 0. The van der Waals surface area contributed by atoms with Gasteiger partial charge in [-0.15, -0.1) is 0 Å². The van der Waals surface area contributed by atoms with E-state index in [1.807, 2.05) is 49.1 Å². The Morgan fingerprint density at radius 1 is 1.16 bits per heavy atom. The fraction of sp³-hybridized carbons (Fsp3) is 0.105. The summed E-state index contributed by atoms with van der Waals surface area (Å²) in [5.74, 6) is -0.294. The molecule has 0 bridgehead atoms. The smallest absolute Gasteiger partial charge is 0.272 e. The van der Waals surface area contributed by atoms with Gasteiger partial charge in [-0.25, -0.2) is 5.43 Å². The van der Waals surface area contributed by atoms with Crippen LogP contribution in [0, 0.1) is 0 Å². The Labute approximate surface area is 146 Å². The lowest BCUT2D eigenvalue weighted by Gasteiger charge is -2.13. The van der Waals surface area contributed by atoms with Crippen LogP contribution in [0.25, 0.3) is 5.69 Å². The van der Waals surface area contributed by atoms with Gasteiger partial charge in [0.2, 0.25) is 0 Å². The maximum atomic E-state index is 12.0. The van der Waals surface area contributed by atoms with Crippen molar-refractivity contribution in [2.45, 2.75) is 0 Å². The summed E-state index contributed by atoms with van der Waals surface area (Å²) in [4.78, 5) is 17.9. The average Bonchev–Trinajstić information content (AvgIpc) is 3.11. The summed E-state index contributed by atoms with van der Waals surface area (Å²) in [5, 5.41) is 4.04. The first-order valence-electron chi connectivity index (χ1n) is 7.84. The lowest BCUT2D eigenvalue weighted by atomic mass is 10.2. The summed E-state index contributed by atoms with van der Waals surface area (Å²) in [6.07, 6.45) is 6.69. The SMILES string of the molecule is CN(C)c1ccc(-n2cccc2/C=N\NC(=O)c2cccnc2)cc1. The Kier molecular flexibility index (Phi) is 4.89. The number of hydrogen-bond donors (Lipinski definition) is 1. The summed E-state index contributed by atoms with van der Waals surface area (Å²) in [5.41, 5.74) is 6.00. The minimum absolute atomic E-state index is 0.294. The molecule has 3 rings (SSSR count). The molecular weight excluding hydrogens is 314 g/mol. The lowest BCUT2D eigenvalue weighted by Crippen LogP contribution is -2.17. The first-order chi connectivity index (χ1) is 12.1. The van der Waals surface area contributed by atoms with Crippen LogP contribution in [-0.4, -0.2) is 35.8 Å². The predicted molar refractivity (Wildman–Crippen MR) is 99.4 cm³/mol. The monoisotopic (exact) mass is 333 g/mol. The molecule has 6 nitrogen and oxygen atoms in total. The average molecular weight is 333 g/mol. The third-order valence-electron chi connectivity index (χ3n) is 3.71. The van der Waals surface area contributed by atoms with E-state index in [1.54, 1.807) is 24.5 Å². The predicted octanol–water partition coefficient (Wildman–Crippen LogP) is 2.70. The molecule has 0 aliphatic carbocycles. The van der Waals surface area contributed by atoms with Gasteiger partial charge in [-0.1, -0.05) is 0 Å². The van der Waals surface area contributed by atoms with Crippen LogP contribution in [0.4, 0.5) is 5.69 Å². The van der Waals surface area contributed by atoms with E-state index in [-0.39, 0.29) is 5.91 Å². The van der Waals surface area contributed by atoms with Gasteiger partial charge in [-0.3, -0.25) is 9.78 Å². The number of amides is 1. The molecule has 2 aromatic heterocycles. The number of nitrogens with one attached hydrogen (secondary N) is 1. The molecule has 25 heavy (non-hydrogen) atoms. The van der Waals surface area contributed by atoms with Gasteiger partial charge in [0.1, 0.15) is 0 Å². The zero-order valence-electron chi connectivity index (χ0n) is 14.1. The molecule has 0 saturated carbocycles. The number of anilines is 1. The second-order valence-electron chi connectivity index (χ2n) is 5.65. The van der Waals surface area contributed by atoms with Crippen molar-refractivity contribution in [3.05, 3.63) is 78.4 Å². The molecule has 6 heteroatoms. The third-order valence-corrected chi connectivity index (χ3v) is 3.71. The maximum Gasteiger partial charge on any atom is 0.272 e. The Bertz CT molecular complexity index is 866. The normalized spacial score (nSPS) is 10.8. The van der Waals surface area contributed by atoms with Crippen LogP contribution in [0.5, 0.6) is 0 Å². The lowest BCUT2D eigenvalue weighted by molar-refractivity contribution is 0.0955. The fourth-order valence-electron chi connectivity index (χ4n) is 2.36. The molecule has 0 unspecified atom stereocenters. The highest BCUT2D eigenvalue weighted by Crippen LogP contribution is 2.17. The van der Waals surface area contributed by atoms with Crippen LogP contribution >= 0.6 is 0 Å². The summed E-state index contributed by atoms with van der Waals surface area (Å²) in [6, 6.07) is 15.5. The number of aromatic nitrogens is 2. The zero-order valence-corrected chi connectivity index (χ0v) is 14.1. The Hall–Kier alpha value is -3.41. The molecule has 0 aliphatic rings. The van der Waals surface area contributed by atoms with Crippen molar-refractivity contribution in [1.82, 2.24) is 15.0 Å². The largest absolute Gasteiger partial charge is 0.378 e. The molecule has 0 aliphatic heterocycles. The van der Waals surface area contributed by atoms with Gasteiger partial charge >= 0.3 is 0 Å². The minimum atomic E-state index is -0.294. The highest BCUT2D eigenvalue weighted by Gasteiger charge is 2.04. The highest BCUT2D eigenvalue weighted by molar-refractivity contribution is 5.94. The van der Waals surface area contributed by atoms with Crippen LogP contribution in [0.15, 0.2) is 72.2 Å². The first kappa shape index (κ1) is 16.4. The Balaban J connectivity index is 1.72. The van der Waals surface area contributed by atoms with E-state index < -0.39 is 0 Å². The van der Waals surface area contributed by atoms with Crippen molar-refractivity contribution in [3.63, 3.8) is 0 Å². The summed E-state index contributed by atoms with van der Waals surface area (Å²) in [7, 11) is 4.02. The molecule has 1 amide bonds. The van der Waals surface area contributed by atoms with E-state index >= 15 is 0 Å². The maximum absolute atomic E-state index is 12.0. The molecule has 1 N–H and O–H groups in total. The van der Waals surface area contributed by atoms with Crippen LogP contribution in [0.2, 0.25) is 0 Å². The van der Waals surface area contributed by atoms with Crippen molar-refractivity contribution in [2.75, 3.05) is 19.0 Å². The Morgan fingerprint density at radius 3 is 2.64 bits per heavy atom. The van der Waals surface area contributed by atoms with Gasteiger partial charge in [0.05, 0.1) is 17.5 Å². The first-order valence-corrected chi connectivity index (χ1v) is 7.84. The summed E-state index contributed by atoms with van der Waals surface area (Å²) >= 11 is 0. The van der Waals surface area contributed by atoms with Crippen LogP contribution in [0.1, 0.15) is 16.1 Å². The quantitative estimate of drug-likeness (QED) is 0.577. The molecule has 1 aromatic carbocycles. The molecule has 3 aromatic rings. The van der Waals surface area contributed by atoms with E-state index in [1.165, 1.54) is 6.20 Å². The van der Waals surface area contributed by atoms with Crippen LogP contribution < -0.4 is 10.3 Å². The van der Waals surface area contributed by atoms with Crippen LogP contribution in [-0.2, 0) is 0 Å².